The molecule has 0 fully saturated rings. The highest BCUT2D eigenvalue weighted by atomic mass is 35.5. The summed E-state index contributed by atoms with van der Waals surface area (Å²) < 4.78 is 22.0. The van der Waals surface area contributed by atoms with E-state index in [2.05, 4.69) is 0 Å². The molecule has 6 nitrogen and oxygen atoms in total. The third-order valence-corrected chi connectivity index (χ3v) is 3.31. The maximum absolute atomic E-state index is 11.0. The van der Waals surface area contributed by atoms with Gasteiger partial charge in [-0.2, -0.15) is 0 Å². The minimum atomic E-state index is -4.09. The summed E-state index contributed by atoms with van der Waals surface area (Å²) in [5.41, 5.74) is -0.405. The van der Waals surface area contributed by atoms with Crippen molar-refractivity contribution >= 4 is 38.9 Å². The number of sulfonamides is 1. The average molecular weight is 271 g/mol. The van der Waals surface area contributed by atoms with E-state index in [-0.39, 0.29) is 10.0 Å². The first-order valence-corrected chi connectivity index (χ1v) is 5.70. The Morgan fingerprint density at radius 2 is 1.67 bits per heavy atom. The summed E-state index contributed by atoms with van der Waals surface area (Å²) in [6.45, 7) is 0. The molecule has 82 valence electrons. The highest BCUT2D eigenvalue weighted by molar-refractivity contribution is 7.89. The molecule has 0 atom stereocenters. The second-order valence-electron chi connectivity index (χ2n) is 2.54. The Morgan fingerprint density at radius 1 is 1.27 bits per heavy atom. The smallest absolute Gasteiger partial charge is 0.258 e. The molecule has 0 bridgehead atoms. The van der Waals surface area contributed by atoms with Crippen LogP contribution in [-0.4, -0.2) is 13.3 Å². The van der Waals surface area contributed by atoms with Crippen molar-refractivity contribution in [3.63, 3.8) is 0 Å². The van der Waals surface area contributed by atoms with E-state index in [0.29, 0.717) is 0 Å². The van der Waals surface area contributed by atoms with Gasteiger partial charge in [0.1, 0.15) is 4.90 Å². The molecule has 0 unspecified atom stereocenters. The molecule has 0 aromatic heterocycles. The van der Waals surface area contributed by atoms with Crippen molar-refractivity contribution in [2.75, 3.05) is 0 Å². The second kappa shape index (κ2) is 3.93. The molecule has 0 aliphatic heterocycles. The number of hydrogen-bond donors (Lipinski definition) is 1. The van der Waals surface area contributed by atoms with Crippen molar-refractivity contribution < 1.29 is 13.3 Å². The maximum atomic E-state index is 11.0. The Bertz CT molecular complexity index is 505. The molecule has 0 heterocycles. The van der Waals surface area contributed by atoms with Crippen LogP contribution in [0.3, 0.4) is 0 Å². The van der Waals surface area contributed by atoms with Gasteiger partial charge in [-0.15, -0.1) is 0 Å². The summed E-state index contributed by atoms with van der Waals surface area (Å²) in [4.78, 5) is 9.11. The van der Waals surface area contributed by atoms with E-state index in [9.17, 15) is 18.5 Å². The highest BCUT2D eigenvalue weighted by Crippen LogP contribution is 2.32. The molecule has 1 aromatic carbocycles. The standard InChI is InChI=1S/C6H4Cl2N2O4S/c7-4-1-3(10(11)12)2-5(8)6(4)15(9,13)14/h1-2H,(H2,9,13,14). The van der Waals surface area contributed by atoms with Gasteiger partial charge in [-0.3, -0.25) is 10.1 Å². The Labute approximate surface area is 94.8 Å². The molecule has 0 radical (unpaired) electrons. The maximum Gasteiger partial charge on any atom is 0.272 e. The van der Waals surface area contributed by atoms with Gasteiger partial charge >= 0.3 is 0 Å². The van der Waals surface area contributed by atoms with Crippen molar-refractivity contribution in [2.45, 2.75) is 4.90 Å². The zero-order valence-electron chi connectivity index (χ0n) is 6.98. The topological polar surface area (TPSA) is 103 Å². The highest BCUT2D eigenvalue weighted by Gasteiger charge is 2.21. The van der Waals surface area contributed by atoms with E-state index < -0.39 is 25.5 Å². The molecule has 0 saturated heterocycles. The molecule has 0 aliphatic carbocycles. The number of nitro groups is 1. The van der Waals surface area contributed by atoms with Crippen LogP contribution >= 0.6 is 23.2 Å². The number of primary sulfonamides is 1. The summed E-state index contributed by atoms with van der Waals surface area (Å²) in [5, 5.41) is 14.4. The van der Waals surface area contributed by atoms with Crippen LogP contribution in [-0.2, 0) is 10.0 Å². The van der Waals surface area contributed by atoms with Gasteiger partial charge in [0.25, 0.3) is 5.69 Å². The van der Waals surface area contributed by atoms with Gasteiger partial charge in [0.2, 0.25) is 10.0 Å². The first-order valence-electron chi connectivity index (χ1n) is 3.39. The third-order valence-electron chi connectivity index (χ3n) is 1.48. The van der Waals surface area contributed by atoms with E-state index in [4.69, 9.17) is 28.3 Å². The van der Waals surface area contributed by atoms with Crippen LogP contribution in [0.1, 0.15) is 0 Å². The van der Waals surface area contributed by atoms with E-state index >= 15 is 0 Å². The fraction of sp³-hybridized carbons (Fsp3) is 0. The van der Waals surface area contributed by atoms with Gasteiger partial charge in [0.05, 0.1) is 15.0 Å². The molecule has 0 spiro atoms. The molecule has 0 saturated carbocycles. The van der Waals surface area contributed by atoms with E-state index in [1.165, 1.54) is 0 Å². The summed E-state index contributed by atoms with van der Waals surface area (Å²) in [6.07, 6.45) is 0. The van der Waals surface area contributed by atoms with Gasteiger partial charge in [-0.05, 0) is 0 Å². The van der Waals surface area contributed by atoms with Crippen molar-refractivity contribution in [3.05, 3.63) is 32.3 Å². The number of hydrogen-bond acceptors (Lipinski definition) is 4. The zero-order valence-corrected chi connectivity index (χ0v) is 9.30. The number of nitrogens with two attached hydrogens (primary N) is 1. The van der Waals surface area contributed by atoms with Gasteiger partial charge in [0.15, 0.2) is 0 Å². The van der Waals surface area contributed by atoms with E-state index in [1.54, 1.807) is 0 Å². The average Bonchev–Trinajstić information content (AvgIpc) is 1.99. The Balaban J connectivity index is 3.55. The van der Waals surface area contributed by atoms with Crippen LogP contribution in [0.5, 0.6) is 0 Å². The molecular formula is C6H4Cl2N2O4S. The number of nitro benzene ring substituents is 1. The van der Waals surface area contributed by atoms with Crippen LogP contribution < -0.4 is 5.14 Å². The van der Waals surface area contributed by atoms with E-state index in [0.717, 1.165) is 12.1 Å². The van der Waals surface area contributed by atoms with Gasteiger partial charge in [-0.1, -0.05) is 23.2 Å². The molecule has 1 rings (SSSR count). The Morgan fingerprint density at radius 3 is 1.93 bits per heavy atom. The van der Waals surface area contributed by atoms with Crippen LogP contribution in [0.4, 0.5) is 5.69 Å². The fourth-order valence-corrected chi connectivity index (χ4v) is 2.71. The van der Waals surface area contributed by atoms with E-state index in [1.807, 2.05) is 0 Å². The fourth-order valence-electron chi connectivity index (χ4n) is 0.924. The Kier molecular flexibility index (Phi) is 3.19. The minimum absolute atomic E-state index is 0.378. The monoisotopic (exact) mass is 270 g/mol. The molecule has 0 aliphatic rings. The molecule has 0 amide bonds. The van der Waals surface area contributed by atoms with Crippen LogP contribution in [0, 0.1) is 10.1 Å². The van der Waals surface area contributed by atoms with Crippen molar-refractivity contribution in [1.82, 2.24) is 0 Å². The molecule has 9 heteroatoms. The number of benzene rings is 1. The third kappa shape index (κ3) is 2.57. The van der Waals surface area contributed by atoms with Crippen molar-refractivity contribution in [3.8, 4) is 0 Å². The number of rotatable bonds is 2. The second-order valence-corrected chi connectivity index (χ2v) is 4.85. The predicted molar refractivity (Wildman–Crippen MR) is 54.5 cm³/mol. The van der Waals surface area contributed by atoms with Crippen molar-refractivity contribution in [1.29, 1.82) is 0 Å². The lowest BCUT2D eigenvalue weighted by Gasteiger charge is -2.03. The van der Waals surface area contributed by atoms with Crippen LogP contribution in [0.2, 0.25) is 10.0 Å². The number of halogens is 2. The van der Waals surface area contributed by atoms with Crippen LogP contribution in [0.25, 0.3) is 0 Å². The Hall–Kier alpha value is -0.890. The SMILES string of the molecule is NS(=O)(=O)c1c(Cl)cc([N+](=O)[O-])cc1Cl. The number of non-ortho nitro benzene ring substituents is 1. The summed E-state index contributed by atoms with van der Waals surface area (Å²) >= 11 is 11.0. The lowest BCUT2D eigenvalue weighted by molar-refractivity contribution is -0.384. The van der Waals surface area contributed by atoms with Crippen LogP contribution in [0.15, 0.2) is 17.0 Å². The largest absolute Gasteiger partial charge is 0.272 e. The van der Waals surface area contributed by atoms with Crippen molar-refractivity contribution in [2.24, 2.45) is 5.14 Å². The number of nitrogens with zero attached hydrogens (tertiary/aromatic N) is 1. The summed E-state index contributed by atoms with van der Waals surface area (Å²) in [6, 6.07) is 1.74. The molecule has 2 N–H and O–H groups in total. The molecule has 15 heavy (non-hydrogen) atoms. The lowest BCUT2D eigenvalue weighted by atomic mass is 10.3. The molecule has 1 aromatic rings. The first-order chi connectivity index (χ1) is 6.73. The minimum Gasteiger partial charge on any atom is -0.258 e. The predicted octanol–water partition coefficient (Wildman–Crippen LogP) is 1.55. The molecular weight excluding hydrogens is 267 g/mol. The lowest BCUT2D eigenvalue weighted by Crippen LogP contribution is -2.13. The van der Waals surface area contributed by atoms with Gasteiger partial charge in [0, 0.05) is 12.1 Å². The normalized spacial score (nSPS) is 11.4. The quantitative estimate of drug-likeness (QED) is 0.650. The summed E-state index contributed by atoms with van der Waals surface area (Å²) in [7, 11) is -4.09. The van der Waals surface area contributed by atoms with Gasteiger partial charge < -0.3 is 0 Å². The first kappa shape index (κ1) is 12.2. The zero-order chi connectivity index (χ0) is 11.8. The summed E-state index contributed by atoms with van der Waals surface area (Å²) in [5.74, 6) is 0. The van der Waals surface area contributed by atoms with Gasteiger partial charge in [-0.25, -0.2) is 13.6 Å².